The van der Waals surface area contributed by atoms with Crippen molar-refractivity contribution < 1.29 is 12.6 Å². The molecule has 0 aromatic heterocycles. The van der Waals surface area contributed by atoms with Crippen LogP contribution >= 0.6 is 0 Å². The van der Waals surface area contributed by atoms with Crippen molar-refractivity contribution in [2.45, 2.75) is 11.8 Å². The van der Waals surface area contributed by atoms with Gasteiger partial charge in [-0.3, -0.25) is 4.18 Å². The molecule has 1 fully saturated rings. The van der Waals surface area contributed by atoms with Crippen LogP contribution in [0.2, 0.25) is 0 Å². The van der Waals surface area contributed by atoms with E-state index < -0.39 is 15.5 Å². The minimum absolute atomic E-state index is 0.240. The molecular weight excluding hydrogens is 130 g/mol. The Labute approximate surface area is 47.8 Å². The average Bonchev–Trinajstić information content (AvgIpc) is 1.86. The van der Waals surface area contributed by atoms with Gasteiger partial charge in [0.25, 0.3) is 10.1 Å². The monoisotopic (exact) mass is 137 g/mol. The Bertz CT molecular complexity index is 173. The lowest BCUT2D eigenvalue weighted by Gasteiger charge is -1.94. The molecular formula is C3H7NO3S. The predicted molar refractivity (Wildman–Crippen MR) is 27.5 cm³/mol. The van der Waals surface area contributed by atoms with E-state index in [1.54, 1.807) is 0 Å². The number of nitrogens with two attached hydrogens (primary N) is 1. The quantitative estimate of drug-likeness (QED) is 0.436. The van der Waals surface area contributed by atoms with Crippen LogP contribution < -0.4 is 5.73 Å². The standard InChI is InChI=1S/C3H7NO3S/c4-3-1-2-7-8(3,5)6/h3H,1-2,4H2. The van der Waals surface area contributed by atoms with Crippen LogP contribution in [0.4, 0.5) is 0 Å². The van der Waals surface area contributed by atoms with Crippen LogP contribution in [0.25, 0.3) is 0 Å². The summed E-state index contributed by atoms with van der Waals surface area (Å²) < 4.78 is 25.1. The normalized spacial score (nSPS) is 35.4. The van der Waals surface area contributed by atoms with E-state index in [4.69, 9.17) is 5.73 Å². The molecule has 0 aromatic carbocycles. The Balaban J connectivity index is 2.85. The first-order valence-corrected chi connectivity index (χ1v) is 3.74. The molecule has 0 saturated carbocycles. The van der Waals surface area contributed by atoms with Gasteiger partial charge < -0.3 is 5.73 Å². The lowest BCUT2D eigenvalue weighted by Crippen LogP contribution is -2.24. The molecule has 0 amide bonds. The van der Waals surface area contributed by atoms with Crippen molar-refractivity contribution >= 4 is 10.1 Å². The predicted octanol–water partition coefficient (Wildman–Crippen LogP) is -0.979. The van der Waals surface area contributed by atoms with Crippen LogP contribution in [0.5, 0.6) is 0 Å². The van der Waals surface area contributed by atoms with Crippen LogP contribution in [-0.2, 0) is 14.3 Å². The average molecular weight is 137 g/mol. The minimum Gasteiger partial charge on any atom is -0.313 e. The summed E-state index contributed by atoms with van der Waals surface area (Å²) in [6.07, 6.45) is 0.419. The first kappa shape index (κ1) is 6.00. The molecule has 48 valence electrons. The van der Waals surface area contributed by atoms with E-state index in [1.165, 1.54) is 0 Å². The van der Waals surface area contributed by atoms with Gasteiger partial charge in [-0.1, -0.05) is 0 Å². The molecule has 2 N–H and O–H groups in total. The fourth-order valence-electron chi connectivity index (χ4n) is 0.512. The van der Waals surface area contributed by atoms with Gasteiger partial charge in [0.2, 0.25) is 0 Å². The largest absolute Gasteiger partial charge is 0.313 e. The highest BCUT2D eigenvalue weighted by molar-refractivity contribution is 7.87. The Kier molecular flexibility index (Phi) is 1.26. The van der Waals surface area contributed by atoms with Gasteiger partial charge in [-0.15, -0.1) is 0 Å². The summed E-state index contributed by atoms with van der Waals surface area (Å²) in [6.45, 7) is 0.240. The van der Waals surface area contributed by atoms with Crippen molar-refractivity contribution in [3.05, 3.63) is 0 Å². The molecule has 1 saturated heterocycles. The molecule has 8 heavy (non-hydrogen) atoms. The smallest absolute Gasteiger partial charge is 0.283 e. The van der Waals surface area contributed by atoms with E-state index in [-0.39, 0.29) is 6.61 Å². The Hall–Kier alpha value is -0.130. The zero-order valence-corrected chi connectivity index (χ0v) is 5.02. The van der Waals surface area contributed by atoms with E-state index in [0.29, 0.717) is 6.42 Å². The molecule has 1 atom stereocenters. The Morgan fingerprint density at radius 3 is 2.38 bits per heavy atom. The molecule has 4 nitrogen and oxygen atoms in total. The summed E-state index contributed by atoms with van der Waals surface area (Å²) >= 11 is 0. The van der Waals surface area contributed by atoms with Gasteiger partial charge >= 0.3 is 0 Å². The van der Waals surface area contributed by atoms with E-state index >= 15 is 0 Å². The van der Waals surface area contributed by atoms with Gasteiger partial charge in [-0.05, 0) is 0 Å². The molecule has 5 heteroatoms. The van der Waals surface area contributed by atoms with Gasteiger partial charge in [0.05, 0.1) is 6.61 Å². The summed E-state index contributed by atoms with van der Waals surface area (Å²) in [4.78, 5) is 0. The fraction of sp³-hybridized carbons (Fsp3) is 1.00. The van der Waals surface area contributed by atoms with Crippen molar-refractivity contribution in [1.29, 1.82) is 0 Å². The molecule has 1 aliphatic rings. The topological polar surface area (TPSA) is 69.4 Å². The maximum absolute atomic E-state index is 10.4. The van der Waals surface area contributed by atoms with E-state index in [1.807, 2.05) is 0 Å². The Morgan fingerprint density at radius 2 is 2.25 bits per heavy atom. The van der Waals surface area contributed by atoms with Crippen LogP contribution in [0.1, 0.15) is 6.42 Å². The van der Waals surface area contributed by atoms with Gasteiger partial charge in [0.1, 0.15) is 5.37 Å². The van der Waals surface area contributed by atoms with E-state index in [9.17, 15) is 8.42 Å². The number of hydrogen-bond donors (Lipinski definition) is 1. The molecule has 0 aromatic rings. The van der Waals surface area contributed by atoms with Crippen molar-refractivity contribution in [1.82, 2.24) is 0 Å². The summed E-state index contributed by atoms with van der Waals surface area (Å²) in [5.41, 5.74) is 5.10. The van der Waals surface area contributed by atoms with Gasteiger partial charge in [0.15, 0.2) is 0 Å². The molecule has 1 heterocycles. The van der Waals surface area contributed by atoms with Gasteiger partial charge in [-0.2, -0.15) is 8.42 Å². The van der Waals surface area contributed by atoms with Crippen molar-refractivity contribution in [2.75, 3.05) is 6.61 Å². The second-order valence-electron chi connectivity index (χ2n) is 1.64. The van der Waals surface area contributed by atoms with E-state index in [0.717, 1.165) is 0 Å². The minimum atomic E-state index is -3.35. The zero-order valence-electron chi connectivity index (χ0n) is 4.20. The third kappa shape index (κ3) is 0.841. The highest BCUT2D eigenvalue weighted by atomic mass is 32.2. The van der Waals surface area contributed by atoms with E-state index in [2.05, 4.69) is 4.18 Å². The van der Waals surface area contributed by atoms with Crippen LogP contribution in [0.3, 0.4) is 0 Å². The van der Waals surface area contributed by atoms with Gasteiger partial charge in [0, 0.05) is 6.42 Å². The highest BCUT2D eigenvalue weighted by Gasteiger charge is 2.28. The summed E-state index contributed by atoms with van der Waals surface area (Å²) in [7, 11) is -3.35. The molecule has 1 aliphatic heterocycles. The summed E-state index contributed by atoms with van der Waals surface area (Å²) in [5, 5.41) is -0.789. The molecule has 1 unspecified atom stereocenters. The summed E-state index contributed by atoms with van der Waals surface area (Å²) in [6, 6.07) is 0. The first-order valence-electron chi connectivity index (χ1n) is 2.27. The first-order chi connectivity index (χ1) is 3.63. The van der Waals surface area contributed by atoms with Crippen molar-refractivity contribution in [3.8, 4) is 0 Å². The molecule has 1 rings (SSSR count). The SMILES string of the molecule is NC1CCOS1(=O)=O. The molecule has 0 radical (unpaired) electrons. The van der Waals surface area contributed by atoms with Crippen LogP contribution in [0.15, 0.2) is 0 Å². The van der Waals surface area contributed by atoms with Gasteiger partial charge in [-0.25, -0.2) is 0 Å². The third-order valence-electron chi connectivity index (χ3n) is 1.02. The number of rotatable bonds is 0. The Morgan fingerprint density at radius 1 is 1.62 bits per heavy atom. The molecule has 0 aliphatic carbocycles. The molecule has 0 spiro atoms. The van der Waals surface area contributed by atoms with Crippen LogP contribution in [0, 0.1) is 0 Å². The lowest BCUT2D eigenvalue weighted by molar-refractivity contribution is 0.354. The lowest BCUT2D eigenvalue weighted by atomic mass is 10.5. The van der Waals surface area contributed by atoms with Crippen molar-refractivity contribution in [2.24, 2.45) is 5.73 Å². The maximum atomic E-state index is 10.4. The second kappa shape index (κ2) is 1.68. The third-order valence-corrected chi connectivity index (χ3v) is 2.49. The zero-order chi connectivity index (χ0) is 6.20. The maximum Gasteiger partial charge on any atom is 0.283 e. The fourth-order valence-corrected chi connectivity index (χ4v) is 1.40. The second-order valence-corrected chi connectivity index (χ2v) is 3.47. The summed E-state index contributed by atoms with van der Waals surface area (Å²) in [5.74, 6) is 0. The van der Waals surface area contributed by atoms with Crippen molar-refractivity contribution in [3.63, 3.8) is 0 Å². The van der Waals surface area contributed by atoms with Crippen LogP contribution in [-0.4, -0.2) is 20.4 Å². The highest BCUT2D eigenvalue weighted by Crippen LogP contribution is 2.11. The molecule has 0 bridgehead atoms. The number of hydrogen-bond acceptors (Lipinski definition) is 4.